The van der Waals surface area contributed by atoms with E-state index >= 15 is 0 Å². The number of carbonyl (C=O) groups excluding carboxylic acids is 1. The first-order valence-electron chi connectivity index (χ1n) is 5.13. The van der Waals surface area contributed by atoms with Crippen molar-refractivity contribution in [2.45, 2.75) is 12.8 Å². The largest absolute Gasteiger partial charge is 0.396 e. The quantitative estimate of drug-likeness (QED) is 0.669. The van der Waals surface area contributed by atoms with E-state index in [0.717, 1.165) is 0 Å². The van der Waals surface area contributed by atoms with Crippen LogP contribution < -0.4 is 10.6 Å². The molecule has 0 atom stereocenters. The zero-order valence-corrected chi connectivity index (χ0v) is 8.87. The minimum absolute atomic E-state index is 0.118. The Labute approximate surface area is 93.5 Å². The van der Waals surface area contributed by atoms with Gasteiger partial charge in [0, 0.05) is 18.8 Å². The number of nitrogens with one attached hydrogen (secondary N) is 2. The minimum atomic E-state index is -0.391. The standard InChI is InChI=1S/C11H15FN2O2/c12-9-4-3-5-10(8-9)14-11(16)13-6-1-2-7-15/h3-5,8,15H,1-2,6-7H2,(H2,13,14,16). The van der Waals surface area contributed by atoms with Crippen molar-refractivity contribution in [1.82, 2.24) is 5.32 Å². The van der Waals surface area contributed by atoms with Gasteiger partial charge in [-0.1, -0.05) is 6.07 Å². The van der Waals surface area contributed by atoms with Gasteiger partial charge in [-0.05, 0) is 31.0 Å². The van der Waals surface area contributed by atoms with E-state index in [2.05, 4.69) is 10.6 Å². The number of aliphatic hydroxyl groups is 1. The lowest BCUT2D eigenvalue weighted by Gasteiger charge is -2.06. The van der Waals surface area contributed by atoms with Crippen LogP contribution in [0, 0.1) is 5.82 Å². The van der Waals surface area contributed by atoms with Crippen molar-refractivity contribution < 1.29 is 14.3 Å². The van der Waals surface area contributed by atoms with Crippen LogP contribution >= 0.6 is 0 Å². The van der Waals surface area contributed by atoms with Gasteiger partial charge in [0.15, 0.2) is 0 Å². The number of unbranched alkanes of at least 4 members (excludes halogenated alkanes) is 1. The van der Waals surface area contributed by atoms with Crippen molar-refractivity contribution in [3.8, 4) is 0 Å². The predicted molar refractivity (Wildman–Crippen MR) is 59.7 cm³/mol. The van der Waals surface area contributed by atoms with E-state index in [0.29, 0.717) is 25.1 Å². The Morgan fingerprint density at radius 1 is 1.38 bits per heavy atom. The van der Waals surface area contributed by atoms with Gasteiger partial charge in [0.2, 0.25) is 0 Å². The van der Waals surface area contributed by atoms with Gasteiger partial charge in [0.1, 0.15) is 5.82 Å². The molecule has 0 aliphatic rings. The van der Waals surface area contributed by atoms with Crippen LogP contribution in [0.1, 0.15) is 12.8 Å². The second kappa shape index (κ2) is 6.79. The number of amides is 2. The smallest absolute Gasteiger partial charge is 0.319 e. The molecule has 16 heavy (non-hydrogen) atoms. The lowest BCUT2D eigenvalue weighted by atomic mass is 10.3. The Bertz CT molecular complexity index is 345. The monoisotopic (exact) mass is 226 g/mol. The number of aliphatic hydroxyl groups excluding tert-OH is 1. The number of carbonyl (C=O) groups is 1. The average Bonchev–Trinajstić information content (AvgIpc) is 2.24. The van der Waals surface area contributed by atoms with Crippen LogP contribution in [0.4, 0.5) is 14.9 Å². The van der Waals surface area contributed by atoms with Gasteiger partial charge in [-0.15, -0.1) is 0 Å². The van der Waals surface area contributed by atoms with Gasteiger partial charge in [-0.2, -0.15) is 0 Å². The molecule has 3 N–H and O–H groups in total. The Kier molecular flexibility index (Phi) is 5.28. The second-order valence-electron chi connectivity index (χ2n) is 3.32. The molecule has 0 spiro atoms. The molecule has 1 aromatic carbocycles. The molecule has 0 aromatic heterocycles. The minimum Gasteiger partial charge on any atom is -0.396 e. The van der Waals surface area contributed by atoms with Crippen LogP contribution in [-0.4, -0.2) is 24.3 Å². The zero-order valence-electron chi connectivity index (χ0n) is 8.87. The summed E-state index contributed by atoms with van der Waals surface area (Å²) in [6, 6.07) is 5.31. The summed E-state index contributed by atoms with van der Waals surface area (Å²) in [6.45, 7) is 0.606. The highest BCUT2D eigenvalue weighted by atomic mass is 19.1. The summed E-state index contributed by atoms with van der Waals surface area (Å²) in [4.78, 5) is 11.3. The summed E-state index contributed by atoms with van der Waals surface area (Å²) < 4.78 is 12.8. The third-order valence-corrected chi connectivity index (χ3v) is 1.95. The Hall–Kier alpha value is -1.62. The number of hydrogen-bond donors (Lipinski definition) is 3. The van der Waals surface area contributed by atoms with Gasteiger partial charge in [0.05, 0.1) is 0 Å². The lowest BCUT2D eigenvalue weighted by molar-refractivity contribution is 0.250. The molecule has 0 radical (unpaired) electrons. The topological polar surface area (TPSA) is 61.4 Å². The number of anilines is 1. The molecule has 0 fully saturated rings. The summed E-state index contributed by atoms with van der Waals surface area (Å²) in [5.74, 6) is -0.391. The molecule has 0 aliphatic carbocycles. The van der Waals surface area contributed by atoms with E-state index < -0.39 is 5.82 Å². The van der Waals surface area contributed by atoms with Gasteiger partial charge in [-0.3, -0.25) is 0 Å². The Morgan fingerprint density at radius 3 is 2.88 bits per heavy atom. The lowest BCUT2D eigenvalue weighted by Crippen LogP contribution is -2.29. The maximum atomic E-state index is 12.8. The van der Waals surface area contributed by atoms with E-state index in [1.807, 2.05) is 0 Å². The van der Waals surface area contributed by atoms with E-state index in [1.54, 1.807) is 6.07 Å². The first-order chi connectivity index (χ1) is 7.72. The molecule has 0 unspecified atom stereocenters. The first kappa shape index (κ1) is 12.4. The molecule has 0 aliphatic heterocycles. The normalized spacial score (nSPS) is 9.88. The SMILES string of the molecule is O=C(NCCCCO)Nc1cccc(F)c1. The third-order valence-electron chi connectivity index (χ3n) is 1.95. The van der Waals surface area contributed by atoms with Crippen molar-refractivity contribution in [3.05, 3.63) is 30.1 Å². The van der Waals surface area contributed by atoms with Crippen LogP contribution in [-0.2, 0) is 0 Å². The maximum absolute atomic E-state index is 12.8. The molecule has 0 saturated heterocycles. The first-order valence-corrected chi connectivity index (χ1v) is 5.13. The van der Waals surface area contributed by atoms with Crippen molar-refractivity contribution in [1.29, 1.82) is 0 Å². The third kappa shape index (κ3) is 4.75. The second-order valence-corrected chi connectivity index (χ2v) is 3.32. The van der Waals surface area contributed by atoms with Gasteiger partial charge in [0.25, 0.3) is 0 Å². The Morgan fingerprint density at radius 2 is 2.19 bits per heavy atom. The number of hydrogen-bond acceptors (Lipinski definition) is 2. The number of benzene rings is 1. The highest BCUT2D eigenvalue weighted by Crippen LogP contribution is 2.08. The van der Waals surface area contributed by atoms with Crippen molar-refractivity contribution >= 4 is 11.7 Å². The summed E-state index contributed by atoms with van der Waals surface area (Å²) >= 11 is 0. The number of halogens is 1. The molecule has 0 bridgehead atoms. The molecular weight excluding hydrogens is 211 g/mol. The molecule has 1 rings (SSSR count). The number of rotatable bonds is 5. The molecule has 5 heteroatoms. The summed E-state index contributed by atoms with van der Waals surface area (Å²) in [5.41, 5.74) is 0.416. The number of urea groups is 1. The van der Waals surface area contributed by atoms with Crippen molar-refractivity contribution in [2.24, 2.45) is 0 Å². The molecule has 0 saturated carbocycles. The van der Waals surface area contributed by atoms with Crippen LogP contribution in [0.25, 0.3) is 0 Å². The van der Waals surface area contributed by atoms with E-state index in [9.17, 15) is 9.18 Å². The van der Waals surface area contributed by atoms with Crippen LogP contribution in [0.15, 0.2) is 24.3 Å². The molecule has 88 valence electrons. The van der Waals surface area contributed by atoms with E-state index in [-0.39, 0.29) is 12.6 Å². The van der Waals surface area contributed by atoms with E-state index in [1.165, 1.54) is 18.2 Å². The highest BCUT2D eigenvalue weighted by molar-refractivity contribution is 5.89. The van der Waals surface area contributed by atoms with Gasteiger partial charge in [-0.25, -0.2) is 9.18 Å². The molecule has 0 heterocycles. The fourth-order valence-corrected chi connectivity index (χ4v) is 1.18. The van der Waals surface area contributed by atoms with Gasteiger partial charge >= 0.3 is 6.03 Å². The fourth-order valence-electron chi connectivity index (χ4n) is 1.18. The van der Waals surface area contributed by atoms with E-state index in [4.69, 9.17) is 5.11 Å². The molecule has 1 aromatic rings. The van der Waals surface area contributed by atoms with Crippen LogP contribution in [0.2, 0.25) is 0 Å². The summed E-state index contributed by atoms with van der Waals surface area (Å²) in [7, 11) is 0. The fraction of sp³-hybridized carbons (Fsp3) is 0.364. The zero-order chi connectivity index (χ0) is 11.8. The summed E-state index contributed by atoms with van der Waals surface area (Å²) in [6.07, 6.45) is 1.37. The van der Waals surface area contributed by atoms with Crippen molar-refractivity contribution in [2.75, 3.05) is 18.5 Å². The van der Waals surface area contributed by atoms with Gasteiger partial charge < -0.3 is 15.7 Å². The Balaban J connectivity index is 2.29. The molecule has 2 amide bonds. The molecular formula is C11H15FN2O2. The van der Waals surface area contributed by atoms with Crippen LogP contribution in [0.3, 0.4) is 0 Å². The average molecular weight is 226 g/mol. The highest BCUT2D eigenvalue weighted by Gasteiger charge is 2.01. The summed E-state index contributed by atoms with van der Waals surface area (Å²) in [5, 5.41) is 13.6. The maximum Gasteiger partial charge on any atom is 0.319 e. The predicted octanol–water partition coefficient (Wildman–Crippen LogP) is 1.72. The van der Waals surface area contributed by atoms with Crippen molar-refractivity contribution in [3.63, 3.8) is 0 Å². The molecule has 4 nitrogen and oxygen atoms in total. The van der Waals surface area contributed by atoms with Crippen LogP contribution in [0.5, 0.6) is 0 Å².